The van der Waals surface area contributed by atoms with E-state index in [1.807, 2.05) is 97.1 Å². The quantitative estimate of drug-likeness (QED) is 0.134. The van der Waals surface area contributed by atoms with Gasteiger partial charge in [0.2, 0.25) is 0 Å². The van der Waals surface area contributed by atoms with Crippen molar-refractivity contribution in [2.75, 3.05) is 0 Å². The van der Waals surface area contributed by atoms with E-state index in [-0.39, 0.29) is 11.4 Å². The monoisotopic (exact) mass is 734 g/mol. The van der Waals surface area contributed by atoms with Crippen molar-refractivity contribution in [1.82, 2.24) is 18.3 Å². The summed E-state index contributed by atoms with van der Waals surface area (Å²) < 4.78 is 7.41. The van der Waals surface area contributed by atoms with E-state index in [2.05, 4.69) is 74.3 Å². The van der Waals surface area contributed by atoms with Crippen molar-refractivity contribution in [3.05, 3.63) is 176 Å². The van der Waals surface area contributed by atoms with Crippen molar-refractivity contribution >= 4 is 53.9 Å². The molecule has 7 rings (SSSR count). The smallest absolute Gasteiger partial charge is 0.287 e. The van der Waals surface area contributed by atoms with Crippen molar-refractivity contribution in [2.45, 2.75) is 36.8 Å². The largest absolute Gasteiger partial charge is 0.329 e. The fraction of sp³-hybridized carbons (Fsp3) is 0.158. The fourth-order valence-electron chi connectivity index (χ4n) is 6.34. The van der Waals surface area contributed by atoms with Gasteiger partial charge in [-0.25, -0.2) is 9.59 Å². The Morgan fingerprint density at radius 3 is 0.913 bits per heavy atom. The van der Waals surface area contributed by atoms with E-state index in [0.717, 1.165) is 55.0 Å². The van der Waals surface area contributed by atoms with E-state index < -0.39 is 0 Å². The van der Waals surface area contributed by atoms with Crippen LogP contribution in [0.25, 0.3) is 22.1 Å². The van der Waals surface area contributed by atoms with E-state index >= 15 is 0 Å². The minimum Gasteiger partial charge on any atom is -0.287 e. The topological polar surface area (TPSA) is 53.9 Å². The van der Waals surface area contributed by atoms with Crippen LogP contribution < -0.4 is 11.4 Å². The number of rotatable bonds is 10. The average molecular weight is 737 g/mol. The van der Waals surface area contributed by atoms with Gasteiger partial charge in [0, 0.05) is 10.7 Å². The molecule has 2 aromatic heterocycles. The maximum atomic E-state index is 13.9. The van der Waals surface area contributed by atoms with Gasteiger partial charge in [-0.3, -0.25) is 18.3 Å². The number of hydrogen-bond acceptors (Lipinski definition) is 2. The summed E-state index contributed by atoms with van der Waals surface area (Å²) in [6.45, 7) is 1.87. The molecule has 230 valence electrons. The van der Waals surface area contributed by atoms with Crippen LogP contribution in [0.4, 0.5) is 0 Å². The second-order valence-electron chi connectivity index (χ2n) is 11.6. The molecule has 0 N–H and O–H groups in total. The van der Waals surface area contributed by atoms with Crippen molar-refractivity contribution in [3.8, 4) is 0 Å². The predicted octanol–water partition coefficient (Wildman–Crippen LogP) is 7.90. The molecule has 0 unspecified atom stereocenters. The van der Waals surface area contributed by atoms with E-state index in [1.165, 1.54) is 11.1 Å². The maximum absolute atomic E-state index is 13.9. The number of aromatic nitrogens is 4. The summed E-state index contributed by atoms with van der Waals surface area (Å²) in [7, 11) is 0. The number of fused-ring (bicyclic) bond motifs is 2. The summed E-state index contributed by atoms with van der Waals surface area (Å²) >= 11 is 7.08. The average Bonchev–Trinajstić information content (AvgIpc) is 3.50. The molecule has 0 aliphatic carbocycles. The molecule has 0 radical (unpaired) electrons. The van der Waals surface area contributed by atoms with E-state index in [4.69, 9.17) is 0 Å². The lowest BCUT2D eigenvalue weighted by atomic mass is 10.1. The van der Waals surface area contributed by atoms with Gasteiger partial charge in [-0.1, -0.05) is 129 Å². The number of alkyl halides is 2. The summed E-state index contributed by atoms with van der Waals surface area (Å²) in [5.41, 5.74) is 10.1. The normalized spacial score (nSPS) is 11.5. The molecule has 6 nitrogen and oxygen atoms in total. The zero-order valence-electron chi connectivity index (χ0n) is 25.2. The molecule has 0 bridgehead atoms. The first-order valence-corrected chi connectivity index (χ1v) is 17.5. The second kappa shape index (κ2) is 13.1. The molecule has 2 heterocycles. The number of imidazole rings is 2. The maximum Gasteiger partial charge on any atom is 0.329 e. The lowest BCUT2D eigenvalue weighted by molar-refractivity contribution is 0.693. The molecular weight excluding hydrogens is 704 g/mol. The second-order valence-corrected chi connectivity index (χ2v) is 12.7. The Labute approximate surface area is 283 Å². The molecule has 8 heteroatoms. The van der Waals surface area contributed by atoms with Crippen LogP contribution in [0.5, 0.6) is 0 Å². The van der Waals surface area contributed by atoms with Crippen LogP contribution in [-0.2, 0) is 36.8 Å². The van der Waals surface area contributed by atoms with E-state index in [9.17, 15) is 9.59 Å². The predicted molar refractivity (Wildman–Crippen MR) is 193 cm³/mol. The van der Waals surface area contributed by atoms with Crippen LogP contribution >= 0.6 is 31.9 Å². The molecule has 0 aliphatic heterocycles. The van der Waals surface area contributed by atoms with Crippen LogP contribution in [0.3, 0.4) is 0 Å². The van der Waals surface area contributed by atoms with Crippen molar-refractivity contribution in [3.63, 3.8) is 0 Å². The minimum absolute atomic E-state index is 0.0425. The Balaban J connectivity index is 1.20. The fourth-order valence-corrected chi connectivity index (χ4v) is 7.03. The molecule has 0 fully saturated rings. The Kier molecular flexibility index (Phi) is 8.65. The molecule has 0 saturated carbocycles. The van der Waals surface area contributed by atoms with E-state index in [0.29, 0.717) is 26.2 Å². The summed E-state index contributed by atoms with van der Waals surface area (Å²) in [5, 5.41) is 1.54. The summed E-state index contributed by atoms with van der Waals surface area (Å²) in [4.78, 5) is 27.8. The zero-order chi connectivity index (χ0) is 31.6. The Morgan fingerprint density at radius 1 is 0.370 bits per heavy atom. The van der Waals surface area contributed by atoms with Gasteiger partial charge in [0.15, 0.2) is 0 Å². The highest BCUT2D eigenvalue weighted by molar-refractivity contribution is 9.08. The molecule has 46 heavy (non-hydrogen) atoms. The van der Waals surface area contributed by atoms with Crippen molar-refractivity contribution < 1.29 is 0 Å². The standard InChI is InChI=1S/C38H32Br2N4O2/c39-21-27-8-5-10-29(18-27)23-41-33-14-1-3-16-35(33)43(37(41)45)25-31-12-7-13-32(20-31)26-44-36-17-4-2-15-34(36)42(38(44)46)24-30-11-6-9-28(19-30)22-40/h1-20H,21-26H2. The Morgan fingerprint density at radius 2 is 0.630 bits per heavy atom. The van der Waals surface area contributed by atoms with Gasteiger partial charge in [0.05, 0.1) is 48.2 Å². The third-order valence-electron chi connectivity index (χ3n) is 8.50. The first-order chi connectivity index (χ1) is 22.5. The third kappa shape index (κ3) is 5.95. The Bertz CT molecular complexity index is 2150. The number of benzene rings is 5. The first-order valence-electron chi connectivity index (χ1n) is 15.2. The minimum atomic E-state index is -0.0425. The number of halogens is 2. The molecule has 0 aliphatic rings. The van der Waals surface area contributed by atoms with Crippen LogP contribution in [0.2, 0.25) is 0 Å². The van der Waals surface area contributed by atoms with Gasteiger partial charge in [0.1, 0.15) is 0 Å². The van der Waals surface area contributed by atoms with Gasteiger partial charge in [-0.2, -0.15) is 0 Å². The molecule has 0 saturated heterocycles. The molecular formula is C38H32Br2N4O2. The van der Waals surface area contributed by atoms with Crippen LogP contribution in [0, 0.1) is 0 Å². The summed E-state index contributed by atoms with van der Waals surface area (Å²) in [5.74, 6) is 0. The Hall–Kier alpha value is -4.40. The highest BCUT2D eigenvalue weighted by Crippen LogP contribution is 2.20. The lowest BCUT2D eigenvalue weighted by Gasteiger charge is -2.08. The highest BCUT2D eigenvalue weighted by Gasteiger charge is 2.16. The zero-order valence-corrected chi connectivity index (χ0v) is 28.3. The lowest BCUT2D eigenvalue weighted by Crippen LogP contribution is -2.26. The number of hydrogen-bond donors (Lipinski definition) is 0. The molecule has 0 spiro atoms. The third-order valence-corrected chi connectivity index (χ3v) is 9.79. The molecule has 7 aromatic rings. The highest BCUT2D eigenvalue weighted by atomic mass is 79.9. The first kappa shape index (κ1) is 30.3. The van der Waals surface area contributed by atoms with Gasteiger partial charge in [-0.15, -0.1) is 0 Å². The molecule has 0 atom stereocenters. The summed E-state index contributed by atoms with van der Waals surface area (Å²) in [6.07, 6.45) is 0. The van der Waals surface area contributed by atoms with Crippen molar-refractivity contribution in [1.29, 1.82) is 0 Å². The van der Waals surface area contributed by atoms with Gasteiger partial charge in [0.25, 0.3) is 0 Å². The number of nitrogens with zero attached hydrogens (tertiary/aromatic N) is 4. The van der Waals surface area contributed by atoms with Crippen LogP contribution in [0.1, 0.15) is 33.4 Å². The van der Waals surface area contributed by atoms with Crippen LogP contribution in [-0.4, -0.2) is 18.3 Å². The van der Waals surface area contributed by atoms with E-state index in [1.54, 1.807) is 0 Å². The van der Waals surface area contributed by atoms with Crippen molar-refractivity contribution in [2.24, 2.45) is 0 Å². The van der Waals surface area contributed by atoms with Gasteiger partial charge in [-0.05, 0) is 57.6 Å². The summed E-state index contributed by atoms with van der Waals surface area (Å²) in [6, 6.07) is 40.8. The SMILES string of the molecule is O=c1n(Cc2cccc(CBr)c2)c2ccccc2n1Cc1cccc(Cn2c(=O)n(Cc3cccc(CBr)c3)c3ccccc32)c1. The number of para-hydroxylation sites is 4. The van der Waals surface area contributed by atoms with Crippen LogP contribution in [0.15, 0.2) is 131 Å². The van der Waals surface area contributed by atoms with Gasteiger partial charge >= 0.3 is 11.4 Å². The van der Waals surface area contributed by atoms with Gasteiger partial charge < -0.3 is 0 Å². The molecule has 5 aromatic carbocycles. The molecule has 0 amide bonds.